The maximum Gasteiger partial charge on any atom is 0.289 e. The van der Waals surface area contributed by atoms with Crippen molar-refractivity contribution >= 4 is 35.2 Å². The molecule has 6 heteroatoms. The van der Waals surface area contributed by atoms with E-state index < -0.39 is 6.10 Å². The molecule has 2 aromatic carbocycles. The van der Waals surface area contributed by atoms with Crippen LogP contribution >= 0.6 is 23.2 Å². The zero-order valence-corrected chi connectivity index (χ0v) is 17.1. The SMILES string of the molecule is CN1C(=O)/C(=C\c2cccnc2)O[C@@H](c2ccc(Cl)cc2)[C@H]1c1ccc(Cl)cc1. The zero-order chi connectivity index (χ0) is 20.4. The second-order valence-electron chi connectivity index (χ2n) is 6.80. The lowest BCUT2D eigenvalue weighted by Crippen LogP contribution is -2.42. The van der Waals surface area contributed by atoms with Crippen LogP contribution in [0.4, 0.5) is 0 Å². The quantitative estimate of drug-likeness (QED) is 0.506. The number of hydrogen-bond donors (Lipinski definition) is 0. The number of morpholine rings is 1. The molecule has 0 aliphatic carbocycles. The smallest absolute Gasteiger partial charge is 0.289 e. The molecular weight excluding hydrogens is 407 g/mol. The summed E-state index contributed by atoms with van der Waals surface area (Å²) >= 11 is 12.1. The van der Waals surface area contributed by atoms with Crippen molar-refractivity contribution in [2.75, 3.05) is 7.05 Å². The van der Waals surface area contributed by atoms with E-state index in [-0.39, 0.29) is 17.7 Å². The van der Waals surface area contributed by atoms with Crippen LogP contribution in [0.15, 0.2) is 78.8 Å². The normalized spacial score (nSPS) is 20.6. The van der Waals surface area contributed by atoms with Crippen molar-refractivity contribution in [3.05, 3.63) is 106 Å². The highest BCUT2D eigenvalue weighted by Crippen LogP contribution is 2.43. The fourth-order valence-electron chi connectivity index (χ4n) is 3.42. The third-order valence-electron chi connectivity index (χ3n) is 4.88. The van der Waals surface area contributed by atoms with Gasteiger partial charge in [-0.05, 0) is 53.1 Å². The third-order valence-corrected chi connectivity index (χ3v) is 5.39. The van der Waals surface area contributed by atoms with Gasteiger partial charge in [0.05, 0.1) is 6.04 Å². The van der Waals surface area contributed by atoms with Crippen LogP contribution in [0, 0.1) is 0 Å². The molecule has 1 amide bonds. The summed E-state index contributed by atoms with van der Waals surface area (Å²) in [6, 6.07) is 18.3. The minimum atomic E-state index is -0.404. The number of ether oxygens (including phenoxy) is 1. The largest absolute Gasteiger partial charge is 0.477 e. The van der Waals surface area contributed by atoms with Crippen LogP contribution in [-0.4, -0.2) is 22.8 Å². The first-order chi connectivity index (χ1) is 14.0. The van der Waals surface area contributed by atoms with Gasteiger partial charge in [0.15, 0.2) is 5.76 Å². The molecule has 0 bridgehead atoms. The summed E-state index contributed by atoms with van der Waals surface area (Å²) in [5.74, 6) is 0.0738. The minimum absolute atomic E-state index is 0.195. The number of likely N-dealkylation sites (N-methyl/N-ethyl adjacent to an activating group) is 1. The number of hydrogen-bond acceptors (Lipinski definition) is 3. The average molecular weight is 425 g/mol. The van der Waals surface area contributed by atoms with E-state index in [4.69, 9.17) is 27.9 Å². The number of carbonyl (C=O) groups excluding carboxylic acids is 1. The van der Waals surface area contributed by atoms with Crippen molar-refractivity contribution < 1.29 is 9.53 Å². The Balaban J connectivity index is 1.78. The van der Waals surface area contributed by atoms with E-state index >= 15 is 0 Å². The van der Waals surface area contributed by atoms with E-state index in [0.717, 1.165) is 16.7 Å². The topological polar surface area (TPSA) is 42.4 Å². The van der Waals surface area contributed by atoms with E-state index in [0.29, 0.717) is 10.0 Å². The standard InChI is InChI=1S/C23H18Cl2N2O2/c1-27-21(16-4-8-18(24)9-5-16)22(17-6-10-19(25)11-7-17)29-20(23(27)28)13-15-3-2-12-26-14-15/h2-14,21-22H,1H3/b20-13+/t21-,22+/m1/s1. The lowest BCUT2D eigenvalue weighted by Gasteiger charge is -2.40. The monoisotopic (exact) mass is 424 g/mol. The van der Waals surface area contributed by atoms with Crippen LogP contribution < -0.4 is 0 Å². The molecule has 4 nitrogen and oxygen atoms in total. The minimum Gasteiger partial charge on any atom is -0.477 e. The van der Waals surface area contributed by atoms with Crippen molar-refractivity contribution in [2.24, 2.45) is 0 Å². The van der Waals surface area contributed by atoms with Gasteiger partial charge >= 0.3 is 0 Å². The Kier molecular flexibility index (Phi) is 5.56. The Morgan fingerprint density at radius 2 is 1.59 bits per heavy atom. The molecule has 0 unspecified atom stereocenters. The van der Waals surface area contributed by atoms with Crippen LogP contribution in [0.2, 0.25) is 10.0 Å². The van der Waals surface area contributed by atoms with Gasteiger partial charge < -0.3 is 9.64 Å². The Morgan fingerprint density at radius 3 is 2.17 bits per heavy atom. The molecule has 1 saturated heterocycles. The highest BCUT2D eigenvalue weighted by Gasteiger charge is 2.40. The number of halogens is 2. The summed E-state index contributed by atoms with van der Waals surface area (Å²) in [4.78, 5) is 18.9. The molecule has 3 aromatic rings. The predicted molar refractivity (Wildman–Crippen MR) is 114 cm³/mol. The molecule has 2 atom stereocenters. The first-order valence-electron chi connectivity index (χ1n) is 9.09. The van der Waals surface area contributed by atoms with Crippen molar-refractivity contribution in [1.82, 2.24) is 9.88 Å². The van der Waals surface area contributed by atoms with Gasteiger partial charge in [-0.15, -0.1) is 0 Å². The number of aromatic nitrogens is 1. The fourth-order valence-corrected chi connectivity index (χ4v) is 3.68. The average Bonchev–Trinajstić information content (AvgIpc) is 2.74. The van der Waals surface area contributed by atoms with Crippen molar-refractivity contribution in [3.63, 3.8) is 0 Å². The number of pyridine rings is 1. The van der Waals surface area contributed by atoms with Crippen molar-refractivity contribution in [3.8, 4) is 0 Å². The number of amides is 1. The molecule has 2 heterocycles. The summed E-state index contributed by atoms with van der Waals surface area (Å²) in [7, 11) is 1.78. The first kappa shape index (κ1) is 19.5. The summed E-state index contributed by atoms with van der Waals surface area (Å²) in [5, 5.41) is 1.28. The van der Waals surface area contributed by atoms with Crippen LogP contribution in [0.1, 0.15) is 28.8 Å². The summed E-state index contributed by atoms with van der Waals surface area (Å²) in [6.45, 7) is 0. The van der Waals surface area contributed by atoms with E-state index in [9.17, 15) is 4.79 Å². The Morgan fingerprint density at radius 1 is 0.966 bits per heavy atom. The predicted octanol–water partition coefficient (Wildman–Crippen LogP) is 5.70. The number of nitrogens with zero attached hydrogens (tertiary/aromatic N) is 2. The van der Waals surface area contributed by atoms with Crippen molar-refractivity contribution in [2.45, 2.75) is 12.1 Å². The second kappa shape index (κ2) is 8.27. The third kappa shape index (κ3) is 4.14. The molecule has 29 heavy (non-hydrogen) atoms. The molecular formula is C23H18Cl2N2O2. The van der Waals surface area contributed by atoms with Crippen LogP contribution in [0.3, 0.4) is 0 Å². The van der Waals surface area contributed by atoms with Gasteiger partial charge in [0.2, 0.25) is 0 Å². The Labute approximate surface area is 179 Å². The molecule has 0 N–H and O–H groups in total. The van der Waals surface area contributed by atoms with Crippen molar-refractivity contribution in [1.29, 1.82) is 0 Å². The lowest BCUT2D eigenvalue weighted by molar-refractivity contribution is -0.144. The molecule has 1 aliphatic heterocycles. The van der Waals surface area contributed by atoms with Gasteiger partial charge in [0.25, 0.3) is 5.91 Å². The lowest BCUT2D eigenvalue weighted by atomic mass is 9.92. The molecule has 1 aromatic heterocycles. The molecule has 1 aliphatic rings. The molecule has 146 valence electrons. The molecule has 0 saturated carbocycles. The van der Waals surface area contributed by atoms with Gasteiger partial charge in [-0.2, -0.15) is 0 Å². The summed E-state index contributed by atoms with van der Waals surface area (Å²) in [5.41, 5.74) is 2.65. The van der Waals surface area contributed by atoms with Crippen LogP contribution in [0.5, 0.6) is 0 Å². The van der Waals surface area contributed by atoms with Gasteiger partial charge in [-0.25, -0.2) is 0 Å². The number of benzene rings is 2. The molecule has 1 fully saturated rings. The molecule has 0 spiro atoms. The Bertz CT molecular complexity index is 1030. The highest BCUT2D eigenvalue weighted by atomic mass is 35.5. The van der Waals surface area contributed by atoms with Crippen LogP contribution in [-0.2, 0) is 9.53 Å². The van der Waals surface area contributed by atoms with E-state index in [2.05, 4.69) is 4.98 Å². The zero-order valence-electron chi connectivity index (χ0n) is 15.6. The van der Waals surface area contributed by atoms with Gasteiger partial charge in [0.1, 0.15) is 6.10 Å². The van der Waals surface area contributed by atoms with E-state index in [1.165, 1.54) is 0 Å². The van der Waals surface area contributed by atoms with Gasteiger partial charge in [-0.3, -0.25) is 9.78 Å². The highest BCUT2D eigenvalue weighted by molar-refractivity contribution is 6.30. The number of carbonyl (C=O) groups is 1. The molecule has 0 radical (unpaired) electrons. The fraction of sp³-hybridized carbons (Fsp3) is 0.130. The first-order valence-corrected chi connectivity index (χ1v) is 9.85. The maximum atomic E-state index is 13.1. The van der Waals surface area contributed by atoms with E-state index in [1.807, 2.05) is 60.7 Å². The summed E-state index contributed by atoms with van der Waals surface area (Å²) in [6.07, 6.45) is 4.68. The second-order valence-corrected chi connectivity index (χ2v) is 7.67. The summed E-state index contributed by atoms with van der Waals surface area (Å²) < 4.78 is 6.26. The molecule has 4 rings (SSSR count). The number of rotatable bonds is 3. The Hall–Kier alpha value is -2.82. The van der Waals surface area contributed by atoms with Gasteiger partial charge in [-0.1, -0.05) is 53.5 Å². The van der Waals surface area contributed by atoms with Crippen LogP contribution in [0.25, 0.3) is 6.08 Å². The van der Waals surface area contributed by atoms with E-state index in [1.54, 1.807) is 30.4 Å². The maximum absolute atomic E-state index is 13.1. The van der Waals surface area contributed by atoms with Gasteiger partial charge in [0, 0.05) is 29.5 Å².